The van der Waals surface area contributed by atoms with E-state index in [1.54, 1.807) is 6.07 Å². The first-order valence-corrected chi connectivity index (χ1v) is 11.2. The molecule has 2 heterocycles. The van der Waals surface area contributed by atoms with E-state index in [1.807, 2.05) is 24.3 Å². The Morgan fingerprint density at radius 3 is 2.35 bits per heavy atom. The standard InChI is InChI=1S/C26H24F3NO4/c27-26(28,29)20-4-1-18(2-5-20)23-8-7-22(33-23)16-30-13-9-17-3-6-21(15-19(17)10-14-30)34-25(11-12-25)24(31)32/h1-8,15H,9-14,16H2,(H,31,32). The number of furan rings is 1. The van der Waals surface area contributed by atoms with Crippen LogP contribution >= 0.6 is 0 Å². The van der Waals surface area contributed by atoms with Crippen LogP contribution in [-0.4, -0.2) is 34.7 Å². The fourth-order valence-corrected chi connectivity index (χ4v) is 4.33. The zero-order valence-corrected chi connectivity index (χ0v) is 18.4. The largest absolute Gasteiger partial charge is 0.478 e. The minimum absolute atomic E-state index is 0.533. The third-order valence-corrected chi connectivity index (χ3v) is 6.52. The van der Waals surface area contributed by atoms with E-state index < -0.39 is 23.3 Å². The fraction of sp³-hybridized carbons (Fsp3) is 0.346. The van der Waals surface area contributed by atoms with Gasteiger partial charge in [0.1, 0.15) is 17.3 Å². The molecule has 8 heteroatoms. The van der Waals surface area contributed by atoms with Crippen LogP contribution in [0.15, 0.2) is 59.0 Å². The highest BCUT2D eigenvalue weighted by atomic mass is 19.4. The van der Waals surface area contributed by atoms with Crippen LogP contribution in [0, 0.1) is 0 Å². The van der Waals surface area contributed by atoms with Crippen molar-refractivity contribution in [3.8, 4) is 17.1 Å². The van der Waals surface area contributed by atoms with Crippen LogP contribution in [-0.2, 0) is 30.4 Å². The van der Waals surface area contributed by atoms with Crippen LogP contribution in [0.3, 0.4) is 0 Å². The molecule has 0 amide bonds. The number of rotatable bonds is 6. The predicted molar refractivity (Wildman–Crippen MR) is 119 cm³/mol. The quantitative estimate of drug-likeness (QED) is 0.510. The lowest BCUT2D eigenvalue weighted by atomic mass is 10.0. The molecule has 1 N–H and O–H groups in total. The third kappa shape index (κ3) is 4.68. The van der Waals surface area contributed by atoms with E-state index in [1.165, 1.54) is 17.7 Å². The molecule has 5 nitrogen and oxygen atoms in total. The van der Waals surface area contributed by atoms with E-state index in [2.05, 4.69) is 4.90 Å². The van der Waals surface area contributed by atoms with Crippen LogP contribution in [0.2, 0.25) is 0 Å². The van der Waals surface area contributed by atoms with Gasteiger partial charge in [0.05, 0.1) is 12.1 Å². The second kappa shape index (κ2) is 8.51. The predicted octanol–water partition coefficient (Wildman–Crippen LogP) is 5.56. The fourth-order valence-electron chi connectivity index (χ4n) is 4.33. The number of carboxylic acid groups (broad SMARTS) is 1. The third-order valence-electron chi connectivity index (χ3n) is 6.52. The molecule has 1 fully saturated rings. The van der Waals surface area contributed by atoms with Crippen molar-refractivity contribution in [2.24, 2.45) is 0 Å². The average molecular weight is 471 g/mol. The zero-order chi connectivity index (χ0) is 23.9. The number of nitrogens with zero attached hydrogens (tertiary/aromatic N) is 1. The summed E-state index contributed by atoms with van der Waals surface area (Å²) in [6, 6.07) is 14.4. The van der Waals surface area contributed by atoms with Crippen molar-refractivity contribution in [3.63, 3.8) is 0 Å². The van der Waals surface area contributed by atoms with Crippen LogP contribution in [0.5, 0.6) is 5.75 Å². The molecule has 34 heavy (non-hydrogen) atoms. The van der Waals surface area contributed by atoms with Gasteiger partial charge in [-0.2, -0.15) is 13.2 Å². The van der Waals surface area contributed by atoms with Gasteiger partial charge in [-0.1, -0.05) is 18.2 Å². The van der Waals surface area contributed by atoms with Crippen LogP contribution in [0.4, 0.5) is 13.2 Å². The Labute approximate surface area is 194 Å². The minimum Gasteiger partial charge on any atom is -0.478 e. The highest BCUT2D eigenvalue weighted by molar-refractivity contribution is 5.81. The summed E-state index contributed by atoms with van der Waals surface area (Å²) in [6.07, 6.45) is -1.64. The summed E-state index contributed by atoms with van der Waals surface area (Å²) in [5.74, 6) is 0.972. The molecule has 1 aliphatic heterocycles. The van der Waals surface area contributed by atoms with Gasteiger partial charge in [0.15, 0.2) is 0 Å². The van der Waals surface area contributed by atoms with Crippen molar-refractivity contribution in [1.82, 2.24) is 4.90 Å². The first-order chi connectivity index (χ1) is 16.2. The van der Waals surface area contributed by atoms with E-state index in [0.29, 0.717) is 36.5 Å². The molecule has 0 radical (unpaired) electrons. The van der Waals surface area contributed by atoms with Gasteiger partial charge in [0.25, 0.3) is 0 Å². The number of ether oxygens (including phenoxy) is 1. The Bertz CT molecular complexity index is 1200. The lowest BCUT2D eigenvalue weighted by Crippen LogP contribution is -2.29. The van der Waals surface area contributed by atoms with Crippen molar-refractivity contribution >= 4 is 5.97 Å². The van der Waals surface area contributed by atoms with Gasteiger partial charge in [-0.25, -0.2) is 4.79 Å². The molecule has 2 aliphatic rings. The molecule has 0 spiro atoms. The Kier molecular flexibility index (Phi) is 5.64. The smallest absolute Gasteiger partial charge is 0.416 e. The van der Waals surface area contributed by atoms with E-state index in [4.69, 9.17) is 9.15 Å². The van der Waals surface area contributed by atoms with Gasteiger partial charge in [0.2, 0.25) is 5.60 Å². The van der Waals surface area contributed by atoms with E-state index in [0.717, 1.165) is 49.4 Å². The molecule has 0 atom stereocenters. The van der Waals surface area contributed by atoms with E-state index in [9.17, 15) is 23.1 Å². The minimum atomic E-state index is -4.36. The van der Waals surface area contributed by atoms with E-state index in [-0.39, 0.29) is 0 Å². The molecule has 0 bridgehead atoms. The average Bonchev–Trinajstić information content (AvgIpc) is 3.49. The van der Waals surface area contributed by atoms with Gasteiger partial charge < -0.3 is 14.3 Å². The molecular formula is C26H24F3NO4. The number of halogens is 3. The van der Waals surface area contributed by atoms with Crippen LogP contribution < -0.4 is 4.74 Å². The summed E-state index contributed by atoms with van der Waals surface area (Å²) >= 11 is 0. The molecule has 1 aliphatic carbocycles. The van der Waals surface area contributed by atoms with Gasteiger partial charge in [-0.15, -0.1) is 0 Å². The molecule has 1 saturated carbocycles. The molecule has 1 aromatic heterocycles. The number of carboxylic acids is 1. The lowest BCUT2D eigenvalue weighted by molar-refractivity contribution is -0.147. The summed E-state index contributed by atoms with van der Waals surface area (Å²) in [5.41, 5.74) is 1.24. The van der Waals surface area contributed by atoms with Gasteiger partial charge in [-0.05, 0) is 60.4 Å². The summed E-state index contributed by atoms with van der Waals surface area (Å²) in [7, 11) is 0. The van der Waals surface area contributed by atoms with Crippen molar-refractivity contribution in [2.45, 2.75) is 44.0 Å². The molecule has 178 valence electrons. The number of hydrogen-bond donors (Lipinski definition) is 1. The number of carbonyl (C=O) groups is 1. The highest BCUT2D eigenvalue weighted by Crippen LogP contribution is 2.41. The second-order valence-corrected chi connectivity index (χ2v) is 8.95. The molecule has 3 aromatic rings. The Morgan fingerprint density at radius 1 is 1.00 bits per heavy atom. The SMILES string of the molecule is O=C(O)C1(Oc2ccc3c(c2)CCN(Cc2ccc(-c4ccc(C(F)(F)F)cc4)o2)CC3)CC1. The number of aliphatic carboxylic acids is 1. The maximum atomic E-state index is 12.8. The van der Waals surface area contributed by atoms with Crippen molar-refractivity contribution in [3.05, 3.63) is 77.0 Å². The van der Waals surface area contributed by atoms with Gasteiger partial charge in [-0.3, -0.25) is 4.90 Å². The van der Waals surface area contributed by atoms with Gasteiger partial charge in [0, 0.05) is 31.5 Å². The maximum absolute atomic E-state index is 12.8. The number of benzene rings is 2. The molecule has 0 unspecified atom stereocenters. The Morgan fingerprint density at radius 2 is 1.71 bits per heavy atom. The molecular weight excluding hydrogens is 447 g/mol. The molecule has 2 aromatic carbocycles. The van der Waals surface area contributed by atoms with E-state index >= 15 is 0 Å². The van der Waals surface area contributed by atoms with Crippen LogP contribution in [0.25, 0.3) is 11.3 Å². The Hall–Kier alpha value is -3.26. The number of hydrogen-bond acceptors (Lipinski definition) is 4. The van der Waals surface area contributed by atoms with Crippen molar-refractivity contribution in [2.75, 3.05) is 13.1 Å². The van der Waals surface area contributed by atoms with Gasteiger partial charge >= 0.3 is 12.1 Å². The zero-order valence-electron chi connectivity index (χ0n) is 18.4. The van der Waals surface area contributed by atoms with Crippen LogP contribution in [0.1, 0.15) is 35.3 Å². The normalized spacial score (nSPS) is 17.6. The maximum Gasteiger partial charge on any atom is 0.416 e. The van der Waals surface area contributed by atoms with Crippen molar-refractivity contribution in [1.29, 1.82) is 0 Å². The monoisotopic (exact) mass is 471 g/mol. The Balaban J connectivity index is 1.22. The lowest BCUT2D eigenvalue weighted by Gasteiger charge is -2.18. The summed E-state index contributed by atoms with van der Waals surface area (Å²) < 4.78 is 50.1. The molecule has 0 saturated heterocycles. The molecule has 5 rings (SSSR count). The summed E-state index contributed by atoms with van der Waals surface area (Å²) in [5, 5.41) is 9.36. The number of alkyl halides is 3. The first kappa shape index (κ1) is 22.5. The van der Waals surface area contributed by atoms with Crippen molar-refractivity contribution < 1.29 is 32.2 Å². The second-order valence-electron chi connectivity index (χ2n) is 8.95. The summed E-state index contributed by atoms with van der Waals surface area (Å²) in [6.45, 7) is 2.24. The highest BCUT2D eigenvalue weighted by Gasteiger charge is 2.53. The number of fused-ring (bicyclic) bond motifs is 1. The topological polar surface area (TPSA) is 62.9 Å². The first-order valence-electron chi connectivity index (χ1n) is 11.2. The summed E-state index contributed by atoms with van der Waals surface area (Å²) in [4.78, 5) is 13.7.